The summed E-state index contributed by atoms with van der Waals surface area (Å²) < 4.78 is 30.9. The fourth-order valence-electron chi connectivity index (χ4n) is 4.29. The number of nitrogens with one attached hydrogen (secondary N) is 1. The smallest absolute Gasteiger partial charge is 0.245 e. The van der Waals surface area contributed by atoms with Crippen LogP contribution in [0.4, 0.5) is 0 Å². The van der Waals surface area contributed by atoms with E-state index in [9.17, 15) is 13.2 Å². The zero-order chi connectivity index (χ0) is 24.2. The standard InChI is InChI=1S/C25H26N2O5S2/c1-2-21(19-6-5-14-26-17-19)32-20-9-7-18(8-10-20)22-11-12-23(33-22)25(16-24(28)27-29)13-3-4-15-34(25,30)31/h2,5-12,14,17,21,29H,1,3-4,13,15-16H2,(H,27,28)/t21?,25-/m0/s1. The Morgan fingerprint density at radius 2 is 2.03 bits per heavy atom. The molecule has 1 aliphatic heterocycles. The Bertz CT molecular complexity index is 1260. The third-order valence-electron chi connectivity index (χ3n) is 6.09. The Morgan fingerprint density at radius 3 is 2.68 bits per heavy atom. The van der Waals surface area contributed by atoms with E-state index in [2.05, 4.69) is 11.6 Å². The van der Waals surface area contributed by atoms with Gasteiger partial charge in [0.25, 0.3) is 0 Å². The summed E-state index contributed by atoms with van der Waals surface area (Å²) in [6, 6.07) is 15.0. The maximum absolute atomic E-state index is 13.1. The van der Waals surface area contributed by atoms with E-state index in [1.165, 1.54) is 11.3 Å². The minimum absolute atomic E-state index is 0.0341. The maximum Gasteiger partial charge on any atom is 0.245 e. The lowest BCUT2D eigenvalue weighted by atomic mass is 9.94. The normalized spacial score (nSPS) is 20.3. The van der Waals surface area contributed by atoms with Gasteiger partial charge in [-0.2, -0.15) is 0 Å². The third kappa shape index (κ3) is 4.77. The van der Waals surface area contributed by atoms with Crippen molar-refractivity contribution in [3.05, 3.63) is 84.0 Å². The zero-order valence-corrected chi connectivity index (χ0v) is 20.1. The van der Waals surface area contributed by atoms with Crippen LogP contribution in [0.5, 0.6) is 5.75 Å². The Balaban J connectivity index is 1.58. The van der Waals surface area contributed by atoms with E-state index >= 15 is 0 Å². The molecule has 1 saturated heterocycles. The number of benzene rings is 1. The predicted octanol–water partition coefficient (Wildman–Crippen LogP) is 4.81. The quantitative estimate of drug-likeness (QED) is 0.262. The fraction of sp³-hybridized carbons (Fsp3) is 0.280. The summed E-state index contributed by atoms with van der Waals surface area (Å²) in [6.07, 6.45) is 6.16. The number of hydrogen-bond acceptors (Lipinski definition) is 7. The highest BCUT2D eigenvalue weighted by molar-refractivity contribution is 7.92. The number of thiophene rings is 1. The Hall–Kier alpha value is -3.01. The van der Waals surface area contributed by atoms with Gasteiger partial charge in [-0.3, -0.25) is 15.0 Å². The van der Waals surface area contributed by atoms with Crippen molar-refractivity contribution in [3.63, 3.8) is 0 Å². The summed E-state index contributed by atoms with van der Waals surface area (Å²) in [7, 11) is -3.56. The first-order chi connectivity index (χ1) is 16.4. The maximum atomic E-state index is 13.1. The van der Waals surface area contributed by atoms with E-state index in [1.807, 2.05) is 42.5 Å². The van der Waals surface area contributed by atoms with Crippen molar-refractivity contribution < 1.29 is 23.2 Å². The Labute approximate surface area is 203 Å². The number of nitrogens with zero attached hydrogens (tertiary/aromatic N) is 1. The molecule has 1 fully saturated rings. The summed E-state index contributed by atoms with van der Waals surface area (Å²) in [5, 5.41) is 9.05. The minimum atomic E-state index is -3.56. The second-order valence-electron chi connectivity index (χ2n) is 8.23. The van der Waals surface area contributed by atoms with Gasteiger partial charge in [0.05, 0.1) is 12.2 Å². The number of hydrogen-bond donors (Lipinski definition) is 2. The number of carbonyl (C=O) groups excluding carboxylic acids is 1. The lowest BCUT2D eigenvalue weighted by molar-refractivity contribution is -0.130. The first-order valence-corrected chi connectivity index (χ1v) is 13.4. The number of amides is 1. The van der Waals surface area contributed by atoms with Crippen LogP contribution < -0.4 is 10.2 Å². The minimum Gasteiger partial charge on any atom is -0.482 e. The molecule has 2 atom stereocenters. The number of ether oxygens (including phenoxy) is 1. The molecule has 0 aliphatic carbocycles. The van der Waals surface area contributed by atoms with Crippen molar-refractivity contribution in [1.82, 2.24) is 10.5 Å². The highest BCUT2D eigenvalue weighted by Gasteiger charge is 2.49. The van der Waals surface area contributed by atoms with Crippen LogP contribution in [0.2, 0.25) is 0 Å². The summed E-state index contributed by atoms with van der Waals surface area (Å²) in [4.78, 5) is 17.7. The van der Waals surface area contributed by atoms with E-state index < -0.39 is 20.5 Å². The molecule has 3 heterocycles. The summed E-state index contributed by atoms with van der Waals surface area (Å²) in [5.74, 6) is -0.000572. The van der Waals surface area contributed by atoms with Gasteiger partial charge >= 0.3 is 0 Å². The molecule has 2 aromatic heterocycles. The van der Waals surface area contributed by atoms with Gasteiger partial charge in [0.1, 0.15) is 16.6 Å². The average Bonchev–Trinajstić information content (AvgIpc) is 3.35. The molecule has 3 aromatic rings. The van der Waals surface area contributed by atoms with Crippen LogP contribution in [-0.2, 0) is 19.4 Å². The molecule has 1 aliphatic rings. The van der Waals surface area contributed by atoms with Gasteiger partial charge in [-0.05, 0) is 66.9 Å². The molecule has 2 N–H and O–H groups in total. The molecule has 7 nitrogen and oxygen atoms in total. The third-order valence-corrected chi connectivity index (χ3v) is 10.1. The second kappa shape index (κ2) is 10.1. The number of sulfone groups is 1. The van der Waals surface area contributed by atoms with Gasteiger partial charge in [-0.1, -0.05) is 19.1 Å². The van der Waals surface area contributed by atoms with E-state index in [-0.39, 0.29) is 18.3 Å². The van der Waals surface area contributed by atoms with Gasteiger partial charge in [0.15, 0.2) is 9.84 Å². The highest BCUT2D eigenvalue weighted by atomic mass is 32.2. The molecule has 0 radical (unpaired) electrons. The number of rotatable bonds is 8. The molecule has 178 valence electrons. The molecule has 1 aromatic carbocycles. The van der Waals surface area contributed by atoms with Gasteiger partial charge in [0, 0.05) is 27.7 Å². The van der Waals surface area contributed by atoms with Crippen LogP contribution in [0.15, 0.2) is 73.6 Å². The van der Waals surface area contributed by atoms with Gasteiger partial charge in [0.2, 0.25) is 5.91 Å². The van der Waals surface area contributed by atoms with Crippen LogP contribution >= 0.6 is 11.3 Å². The van der Waals surface area contributed by atoms with Crippen LogP contribution in [0.1, 0.15) is 42.2 Å². The molecular formula is C25H26N2O5S2. The molecule has 4 rings (SSSR count). The van der Waals surface area contributed by atoms with Crippen molar-refractivity contribution in [2.45, 2.75) is 36.5 Å². The van der Waals surface area contributed by atoms with Crippen molar-refractivity contribution in [2.75, 3.05) is 5.75 Å². The summed E-state index contributed by atoms with van der Waals surface area (Å²) in [6.45, 7) is 3.85. The van der Waals surface area contributed by atoms with E-state index in [4.69, 9.17) is 9.94 Å². The summed E-state index contributed by atoms with van der Waals surface area (Å²) >= 11 is 1.36. The summed E-state index contributed by atoms with van der Waals surface area (Å²) in [5.41, 5.74) is 3.41. The van der Waals surface area contributed by atoms with Crippen LogP contribution in [-0.4, -0.2) is 30.3 Å². The first kappa shape index (κ1) is 24.1. The molecule has 0 saturated carbocycles. The lowest BCUT2D eigenvalue weighted by Gasteiger charge is -2.35. The number of carbonyl (C=O) groups is 1. The molecule has 0 bridgehead atoms. The van der Waals surface area contributed by atoms with Crippen molar-refractivity contribution >= 4 is 27.1 Å². The number of pyridine rings is 1. The van der Waals surface area contributed by atoms with E-state index in [0.29, 0.717) is 29.9 Å². The Morgan fingerprint density at radius 1 is 1.24 bits per heavy atom. The molecule has 0 spiro atoms. The molecule has 1 unspecified atom stereocenters. The number of aromatic nitrogens is 1. The largest absolute Gasteiger partial charge is 0.482 e. The first-order valence-electron chi connectivity index (χ1n) is 10.9. The molecule has 34 heavy (non-hydrogen) atoms. The topological polar surface area (TPSA) is 106 Å². The zero-order valence-electron chi connectivity index (χ0n) is 18.5. The average molecular weight is 499 g/mol. The van der Waals surface area contributed by atoms with Crippen LogP contribution in [0.3, 0.4) is 0 Å². The van der Waals surface area contributed by atoms with Crippen molar-refractivity contribution in [3.8, 4) is 16.2 Å². The number of hydroxylamine groups is 1. The molecule has 1 amide bonds. The highest BCUT2D eigenvalue weighted by Crippen LogP contribution is 2.47. The Kier molecular flexibility index (Phi) is 7.16. The monoisotopic (exact) mass is 498 g/mol. The van der Waals surface area contributed by atoms with E-state index in [1.54, 1.807) is 30.0 Å². The predicted molar refractivity (Wildman–Crippen MR) is 131 cm³/mol. The van der Waals surface area contributed by atoms with Gasteiger partial charge in [-0.25, -0.2) is 13.9 Å². The fourth-order valence-corrected chi connectivity index (χ4v) is 8.08. The molecular weight excluding hydrogens is 472 g/mol. The molecule has 9 heteroatoms. The lowest BCUT2D eigenvalue weighted by Crippen LogP contribution is -2.43. The van der Waals surface area contributed by atoms with Crippen molar-refractivity contribution in [1.29, 1.82) is 0 Å². The van der Waals surface area contributed by atoms with Gasteiger partial charge in [-0.15, -0.1) is 11.3 Å². The van der Waals surface area contributed by atoms with Crippen LogP contribution in [0, 0.1) is 0 Å². The van der Waals surface area contributed by atoms with E-state index in [0.717, 1.165) is 16.0 Å². The second-order valence-corrected chi connectivity index (χ2v) is 11.7. The van der Waals surface area contributed by atoms with Gasteiger partial charge < -0.3 is 4.74 Å². The SMILES string of the molecule is C=CC(Oc1ccc(-c2ccc([C@@]3(CC(=O)NO)CCCCS3(=O)=O)s2)cc1)c1cccnc1. The van der Waals surface area contributed by atoms with Crippen molar-refractivity contribution in [2.24, 2.45) is 0 Å². The van der Waals surface area contributed by atoms with Crippen LogP contribution in [0.25, 0.3) is 10.4 Å².